The highest BCUT2D eigenvalue weighted by atomic mass is 35.5. The van der Waals surface area contributed by atoms with Crippen molar-refractivity contribution in [2.24, 2.45) is 5.73 Å². The average Bonchev–Trinajstić information content (AvgIpc) is 2.67. The van der Waals surface area contributed by atoms with Crippen molar-refractivity contribution in [3.05, 3.63) is 48.7 Å². The lowest BCUT2D eigenvalue weighted by molar-refractivity contribution is 0.0941. The van der Waals surface area contributed by atoms with Crippen LogP contribution in [0, 0.1) is 0 Å². The third kappa shape index (κ3) is 2.25. The zero-order valence-corrected chi connectivity index (χ0v) is 10.4. The zero-order valence-electron chi connectivity index (χ0n) is 9.59. The lowest BCUT2D eigenvalue weighted by Crippen LogP contribution is -2.06. The fourth-order valence-electron chi connectivity index (χ4n) is 1.86. The SMILES string of the molecule is C=C[C@@H](N)c1cn(C(C)=O)c2ccccc12.Cl. The largest absolute Gasteiger partial charge is 0.321 e. The number of carbonyl (C=O) groups excluding carboxylic acids is 1. The number of carbonyl (C=O) groups is 1. The van der Waals surface area contributed by atoms with Crippen molar-refractivity contribution in [3.63, 3.8) is 0 Å². The highest BCUT2D eigenvalue weighted by Crippen LogP contribution is 2.25. The molecular formula is C13H15ClN2O. The molecule has 1 heterocycles. The van der Waals surface area contributed by atoms with Gasteiger partial charge >= 0.3 is 0 Å². The normalized spacial score (nSPS) is 11.9. The molecule has 0 bridgehead atoms. The molecule has 0 radical (unpaired) electrons. The van der Waals surface area contributed by atoms with E-state index < -0.39 is 0 Å². The summed E-state index contributed by atoms with van der Waals surface area (Å²) in [7, 11) is 0. The minimum absolute atomic E-state index is 0. The number of nitrogens with two attached hydrogens (primary N) is 1. The number of hydrogen-bond donors (Lipinski definition) is 1. The summed E-state index contributed by atoms with van der Waals surface area (Å²) in [6.45, 7) is 5.22. The Morgan fingerprint density at radius 1 is 1.47 bits per heavy atom. The summed E-state index contributed by atoms with van der Waals surface area (Å²) in [4.78, 5) is 11.5. The Bertz CT molecular complexity index is 560. The molecule has 1 aromatic heterocycles. The van der Waals surface area contributed by atoms with Gasteiger partial charge in [0.05, 0.1) is 5.52 Å². The van der Waals surface area contributed by atoms with Crippen LogP contribution in [-0.4, -0.2) is 10.5 Å². The summed E-state index contributed by atoms with van der Waals surface area (Å²) >= 11 is 0. The Morgan fingerprint density at radius 3 is 2.71 bits per heavy atom. The van der Waals surface area contributed by atoms with E-state index in [1.807, 2.05) is 24.3 Å². The van der Waals surface area contributed by atoms with E-state index >= 15 is 0 Å². The first-order valence-corrected chi connectivity index (χ1v) is 5.14. The second kappa shape index (κ2) is 5.17. The summed E-state index contributed by atoms with van der Waals surface area (Å²) in [5.74, 6) is -0.0151. The molecule has 0 fully saturated rings. The summed E-state index contributed by atoms with van der Waals surface area (Å²) in [6.07, 6.45) is 3.46. The third-order valence-electron chi connectivity index (χ3n) is 2.70. The second-order valence-corrected chi connectivity index (χ2v) is 3.75. The molecule has 0 unspecified atom stereocenters. The predicted molar refractivity (Wildman–Crippen MR) is 72.6 cm³/mol. The molecule has 17 heavy (non-hydrogen) atoms. The van der Waals surface area contributed by atoms with Gasteiger partial charge in [-0.2, -0.15) is 0 Å². The van der Waals surface area contributed by atoms with Crippen molar-refractivity contribution in [1.82, 2.24) is 4.57 Å². The van der Waals surface area contributed by atoms with Crippen LogP contribution in [0.15, 0.2) is 43.1 Å². The molecule has 1 aromatic carbocycles. The number of halogens is 1. The van der Waals surface area contributed by atoms with E-state index in [2.05, 4.69) is 6.58 Å². The van der Waals surface area contributed by atoms with Crippen LogP contribution in [0.4, 0.5) is 0 Å². The molecule has 0 saturated heterocycles. The van der Waals surface area contributed by atoms with Crippen molar-refractivity contribution in [2.45, 2.75) is 13.0 Å². The van der Waals surface area contributed by atoms with Crippen LogP contribution in [-0.2, 0) is 0 Å². The maximum absolute atomic E-state index is 11.5. The van der Waals surface area contributed by atoms with Crippen molar-refractivity contribution in [3.8, 4) is 0 Å². The molecule has 4 heteroatoms. The maximum Gasteiger partial charge on any atom is 0.227 e. The average molecular weight is 251 g/mol. The van der Waals surface area contributed by atoms with Crippen LogP contribution < -0.4 is 5.73 Å². The molecule has 0 spiro atoms. The van der Waals surface area contributed by atoms with Gasteiger partial charge in [-0.3, -0.25) is 9.36 Å². The molecular weight excluding hydrogens is 236 g/mol. The second-order valence-electron chi connectivity index (χ2n) is 3.75. The smallest absolute Gasteiger partial charge is 0.227 e. The zero-order chi connectivity index (χ0) is 11.7. The van der Waals surface area contributed by atoms with Crippen molar-refractivity contribution in [1.29, 1.82) is 0 Å². The van der Waals surface area contributed by atoms with Crippen LogP contribution in [0.5, 0.6) is 0 Å². The Hall–Kier alpha value is -1.58. The minimum atomic E-state index is -0.245. The van der Waals surface area contributed by atoms with Gasteiger partial charge in [0.15, 0.2) is 0 Å². The first-order valence-electron chi connectivity index (χ1n) is 5.14. The topological polar surface area (TPSA) is 48.0 Å². The number of benzene rings is 1. The van der Waals surface area contributed by atoms with E-state index in [1.165, 1.54) is 6.92 Å². The van der Waals surface area contributed by atoms with E-state index in [0.29, 0.717) is 0 Å². The van der Waals surface area contributed by atoms with Crippen molar-refractivity contribution < 1.29 is 4.79 Å². The molecule has 0 amide bonds. The number of rotatable bonds is 2. The first kappa shape index (κ1) is 13.5. The summed E-state index contributed by atoms with van der Waals surface area (Å²) in [6, 6.07) is 7.48. The van der Waals surface area contributed by atoms with Gasteiger partial charge in [-0.25, -0.2) is 0 Å². The predicted octanol–water partition coefficient (Wildman–Crippen LogP) is 2.91. The molecule has 0 saturated carbocycles. The minimum Gasteiger partial charge on any atom is -0.321 e. The number of nitrogens with zero attached hydrogens (tertiary/aromatic N) is 1. The van der Waals surface area contributed by atoms with E-state index in [1.54, 1.807) is 16.8 Å². The van der Waals surface area contributed by atoms with Gasteiger partial charge in [-0.15, -0.1) is 19.0 Å². The van der Waals surface area contributed by atoms with Gasteiger partial charge in [0.1, 0.15) is 0 Å². The van der Waals surface area contributed by atoms with Crippen molar-refractivity contribution >= 4 is 29.2 Å². The highest BCUT2D eigenvalue weighted by Gasteiger charge is 2.13. The van der Waals surface area contributed by atoms with Gasteiger partial charge in [-0.05, 0) is 11.6 Å². The van der Waals surface area contributed by atoms with Gasteiger partial charge in [0.25, 0.3) is 0 Å². The molecule has 90 valence electrons. The monoisotopic (exact) mass is 250 g/mol. The summed E-state index contributed by atoms with van der Waals surface area (Å²) < 4.78 is 1.62. The van der Waals surface area contributed by atoms with E-state index in [9.17, 15) is 4.79 Å². The standard InChI is InChI=1S/C13H14N2O.ClH/c1-3-12(14)11-8-15(9(2)16)13-7-5-4-6-10(11)13;/h3-8,12H,1,14H2,2H3;1H/t12-;/m1./s1. The molecule has 2 N–H and O–H groups in total. The molecule has 1 atom stereocenters. The lowest BCUT2D eigenvalue weighted by atomic mass is 10.1. The Labute approximate surface area is 106 Å². The molecule has 3 nitrogen and oxygen atoms in total. The van der Waals surface area contributed by atoms with Crippen LogP contribution in [0.25, 0.3) is 10.9 Å². The van der Waals surface area contributed by atoms with E-state index in [-0.39, 0.29) is 24.4 Å². The number of aromatic nitrogens is 1. The Balaban J connectivity index is 0.00000144. The van der Waals surface area contributed by atoms with E-state index in [4.69, 9.17) is 5.73 Å². The summed E-state index contributed by atoms with van der Waals surface area (Å²) in [5, 5.41) is 1.00. The van der Waals surface area contributed by atoms with Crippen LogP contribution in [0.3, 0.4) is 0 Å². The van der Waals surface area contributed by atoms with Gasteiger partial charge in [0.2, 0.25) is 5.91 Å². The number of fused-ring (bicyclic) bond motifs is 1. The van der Waals surface area contributed by atoms with Gasteiger partial charge in [-0.1, -0.05) is 24.3 Å². The highest BCUT2D eigenvalue weighted by molar-refractivity contribution is 5.94. The number of para-hydroxylation sites is 1. The summed E-state index contributed by atoms with van der Waals surface area (Å²) in [5.41, 5.74) is 7.75. The third-order valence-corrected chi connectivity index (χ3v) is 2.70. The molecule has 2 rings (SSSR count). The first-order chi connectivity index (χ1) is 7.65. The van der Waals surface area contributed by atoms with Gasteiger partial charge < -0.3 is 5.73 Å². The maximum atomic E-state index is 11.5. The molecule has 0 aliphatic rings. The van der Waals surface area contributed by atoms with Crippen molar-refractivity contribution in [2.75, 3.05) is 0 Å². The van der Waals surface area contributed by atoms with Crippen LogP contribution >= 0.6 is 12.4 Å². The fourth-order valence-corrected chi connectivity index (χ4v) is 1.86. The molecule has 0 aliphatic carbocycles. The van der Waals surface area contributed by atoms with Crippen LogP contribution in [0.1, 0.15) is 23.3 Å². The fraction of sp³-hybridized carbons (Fsp3) is 0.154. The van der Waals surface area contributed by atoms with Gasteiger partial charge in [0, 0.05) is 24.5 Å². The van der Waals surface area contributed by atoms with E-state index in [0.717, 1.165) is 16.5 Å². The quantitative estimate of drug-likeness (QED) is 0.833. The van der Waals surface area contributed by atoms with Crippen LogP contribution in [0.2, 0.25) is 0 Å². The molecule has 0 aliphatic heterocycles. The number of hydrogen-bond acceptors (Lipinski definition) is 2. The Morgan fingerprint density at radius 2 is 2.12 bits per heavy atom. The molecule has 2 aromatic rings. The lowest BCUT2D eigenvalue weighted by Gasteiger charge is -2.02. The Kier molecular flexibility index (Phi) is 4.10.